The molecule has 0 radical (unpaired) electrons. The average Bonchev–Trinajstić information content (AvgIpc) is 2.70. The number of esters is 1. The van der Waals surface area contributed by atoms with Crippen molar-refractivity contribution in [1.29, 1.82) is 0 Å². The van der Waals surface area contributed by atoms with Crippen LogP contribution in [0.4, 0.5) is 10.5 Å². The molecule has 2 amide bonds. The molecule has 2 aromatic carbocycles. The van der Waals surface area contributed by atoms with Crippen LogP contribution in [0.3, 0.4) is 0 Å². The Morgan fingerprint density at radius 3 is 2.19 bits per heavy atom. The lowest BCUT2D eigenvalue weighted by molar-refractivity contribution is -0.144. The lowest BCUT2D eigenvalue weighted by Crippen LogP contribution is -2.51. The van der Waals surface area contributed by atoms with Crippen molar-refractivity contribution in [2.24, 2.45) is 0 Å². The Labute approximate surface area is 159 Å². The van der Waals surface area contributed by atoms with Gasteiger partial charge in [0.2, 0.25) is 0 Å². The van der Waals surface area contributed by atoms with E-state index in [1.54, 1.807) is 11.8 Å². The molecular formula is C21H25N3O3. The third-order valence-corrected chi connectivity index (χ3v) is 4.56. The summed E-state index contributed by atoms with van der Waals surface area (Å²) in [6, 6.07) is 17.8. The fourth-order valence-corrected chi connectivity index (χ4v) is 3.08. The van der Waals surface area contributed by atoms with Crippen LogP contribution in [0.1, 0.15) is 6.92 Å². The summed E-state index contributed by atoms with van der Waals surface area (Å²) in [5, 5.41) is 2.94. The lowest BCUT2D eigenvalue weighted by Gasteiger charge is -2.34. The van der Waals surface area contributed by atoms with E-state index in [4.69, 9.17) is 4.74 Å². The van der Waals surface area contributed by atoms with Crippen molar-refractivity contribution < 1.29 is 14.3 Å². The van der Waals surface area contributed by atoms with Crippen molar-refractivity contribution in [1.82, 2.24) is 9.80 Å². The highest BCUT2D eigenvalue weighted by Gasteiger charge is 2.22. The van der Waals surface area contributed by atoms with E-state index >= 15 is 0 Å². The Bertz CT molecular complexity index is 754. The van der Waals surface area contributed by atoms with Gasteiger partial charge in [-0.1, -0.05) is 42.5 Å². The molecule has 27 heavy (non-hydrogen) atoms. The van der Waals surface area contributed by atoms with Gasteiger partial charge in [0, 0.05) is 31.9 Å². The zero-order valence-electron chi connectivity index (χ0n) is 15.6. The summed E-state index contributed by atoms with van der Waals surface area (Å²) in [5.74, 6) is -0.214. The molecule has 142 valence electrons. The monoisotopic (exact) mass is 367 g/mol. The first-order valence-electron chi connectivity index (χ1n) is 9.25. The second-order valence-corrected chi connectivity index (χ2v) is 6.44. The average molecular weight is 367 g/mol. The number of carbonyl (C=O) groups excluding carboxylic acids is 2. The van der Waals surface area contributed by atoms with Crippen LogP contribution in [0.2, 0.25) is 0 Å². The molecule has 0 spiro atoms. The molecule has 0 bridgehead atoms. The Kier molecular flexibility index (Phi) is 6.44. The predicted molar refractivity (Wildman–Crippen MR) is 106 cm³/mol. The van der Waals surface area contributed by atoms with Crippen LogP contribution in [0.5, 0.6) is 0 Å². The number of nitrogens with zero attached hydrogens (tertiary/aromatic N) is 2. The summed E-state index contributed by atoms with van der Waals surface area (Å²) in [5.41, 5.74) is 3.03. The maximum absolute atomic E-state index is 12.5. The fourth-order valence-electron chi connectivity index (χ4n) is 3.08. The predicted octanol–water partition coefficient (Wildman–Crippen LogP) is 3.07. The van der Waals surface area contributed by atoms with Gasteiger partial charge in [-0.05, 0) is 30.2 Å². The molecule has 1 N–H and O–H groups in total. The van der Waals surface area contributed by atoms with Gasteiger partial charge < -0.3 is 15.0 Å². The Morgan fingerprint density at radius 1 is 0.926 bits per heavy atom. The minimum atomic E-state index is -0.214. The van der Waals surface area contributed by atoms with Crippen molar-refractivity contribution in [3.8, 4) is 11.1 Å². The molecule has 6 nitrogen and oxygen atoms in total. The van der Waals surface area contributed by atoms with E-state index in [1.165, 1.54) is 0 Å². The standard InChI is InChI=1S/C21H25N3O3/c1-2-27-20(25)16-23-12-14-24(15-13-23)21(26)22-19-10-8-18(9-11-19)17-6-4-3-5-7-17/h3-11H,2,12-16H2,1H3,(H,22,26). The number of piperazine rings is 1. The van der Waals surface area contributed by atoms with Crippen molar-refractivity contribution in [2.75, 3.05) is 44.6 Å². The molecule has 1 heterocycles. The van der Waals surface area contributed by atoms with E-state index in [1.807, 2.05) is 47.4 Å². The Morgan fingerprint density at radius 2 is 1.56 bits per heavy atom. The van der Waals surface area contributed by atoms with E-state index in [0.29, 0.717) is 32.8 Å². The minimum Gasteiger partial charge on any atom is -0.465 e. The minimum absolute atomic E-state index is 0.113. The second kappa shape index (κ2) is 9.19. The smallest absolute Gasteiger partial charge is 0.321 e. The summed E-state index contributed by atoms with van der Waals surface area (Å²) >= 11 is 0. The molecule has 1 aliphatic rings. The summed E-state index contributed by atoms with van der Waals surface area (Å²) in [6.45, 7) is 4.99. The topological polar surface area (TPSA) is 61.9 Å². The number of ether oxygens (including phenoxy) is 1. The van der Waals surface area contributed by atoms with Gasteiger partial charge in [-0.3, -0.25) is 9.69 Å². The maximum Gasteiger partial charge on any atom is 0.321 e. The number of hydrogen-bond donors (Lipinski definition) is 1. The summed E-state index contributed by atoms with van der Waals surface area (Å²) in [7, 11) is 0. The van der Waals surface area contributed by atoms with Crippen molar-refractivity contribution in [2.45, 2.75) is 6.92 Å². The summed E-state index contributed by atoms with van der Waals surface area (Å²) in [4.78, 5) is 27.8. The Balaban J connectivity index is 1.49. The number of benzene rings is 2. The van der Waals surface area contributed by atoms with E-state index in [-0.39, 0.29) is 18.5 Å². The van der Waals surface area contributed by atoms with Gasteiger partial charge in [0.15, 0.2) is 0 Å². The lowest BCUT2D eigenvalue weighted by atomic mass is 10.1. The third kappa shape index (κ3) is 5.31. The van der Waals surface area contributed by atoms with E-state index in [2.05, 4.69) is 17.4 Å². The maximum atomic E-state index is 12.5. The van der Waals surface area contributed by atoms with Crippen LogP contribution in [-0.4, -0.2) is 61.1 Å². The van der Waals surface area contributed by atoms with Crippen molar-refractivity contribution >= 4 is 17.7 Å². The first kappa shape index (κ1) is 18.9. The molecule has 0 unspecified atom stereocenters. The molecule has 3 rings (SSSR count). The number of urea groups is 1. The van der Waals surface area contributed by atoms with Crippen LogP contribution < -0.4 is 5.32 Å². The number of amides is 2. The molecule has 0 aliphatic carbocycles. The highest BCUT2D eigenvalue weighted by molar-refractivity contribution is 5.89. The highest BCUT2D eigenvalue weighted by Crippen LogP contribution is 2.21. The van der Waals surface area contributed by atoms with Gasteiger partial charge in [-0.2, -0.15) is 0 Å². The number of rotatable bonds is 5. The van der Waals surface area contributed by atoms with Crippen molar-refractivity contribution in [3.63, 3.8) is 0 Å². The van der Waals surface area contributed by atoms with Crippen molar-refractivity contribution in [3.05, 3.63) is 54.6 Å². The largest absolute Gasteiger partial charge is 0.465 e. The molecule has 1 aliphatic heterocycles. The van der Waals surface area contributed by atoms with Crippen LogP contribution in [0, 0.1) is 0 Å². The zero-order chi connectivity index (χ0) is 19.1. The van der Waals surface area contributed by atoms with Crippen LogP contribution in [0.15, 0.2) is 54.6 Å². The van der Waals surface area contributed by atoms with Crippen LogP contribution in [0.25, 0.3) is 11.1 Å². The van der Waals surface area contributed by atoms with E-state index < -0.39 is 0 Å². The molecule has 0 atom stereocenters. The molecule has 2 aromatic rings. The van der Waals surface area contributed by atoms with Gasteiger partial charge in [0.25, 0.3) is 0 Å². The number of anilines is 1. The number of nitrogens with one attached hydrogen (secondary N) is 1. The molecule has 0 saturated carbocycles. The first-order chi connectivity index (χ1) is 13.2. The van der Waals surface area contributed by atoms with Gasteiger partial charge in [-0.25, -0.2) is 4.79 Å². The second-order valence-electron chi connectivity index (χ2n) is 6.44. The normalized spacial score (nSPS) is 14.6. The summed E-state index contributed by atoms with van der Waals surface area (Å²) < 4.78 is 4.97. The quantitative estimate of drug-likeness (QED) is 0.825. The van der Waals surface area contributed by atoms with E-state index in [9.17, 15) is 9.59 Å². The fraction of sp³-hybridized carbons (Fsp3) is 0.333. The van der Waals surface area contributed by atoms with Gasteiger partial charge in [-0.15, -0.1) is 0 Å². The molecule has 1 saturated heterocycles. The number of hydrogen-bond acceptors (Lipinski definition) is 4. The Hall–Kier alpha value is -2.86. The third-order valence-electron chi connectivity index (χ3n) is 4.56. The van der Waals surface area contributed by atoms with Gasteiger partial charge >= 0.3 is 12.0 Å². The first-order valence-corrected chi connectivity index (χ1v) is 9.25. The van der Waals surface area contributed by atoms with Gasteiger partial charge in [0.1, 0.15) is 0 Å². The molecule has 0 aromatic heterocycles. The molecular weight excluding hydrogens is 342 g/mol. The molecule has 6 heteroatoms. The molecule has 1 fully saturated rings. The highest BCUT2D eigenvalue weighted by atomic mass is 16.5. The SMILES string of the molecule is CCOC(=O)CN1CCN(C(=O)Nc2ccc(-c3ccccc3)cc2)CC1. The van der Waals surface area contributed by atoms with Gasteiger partial charge in [0.05, 0.1) is 13.2 Å². The zero-order valence-corrected chi connectivity index (χ0v) is 15.6. The summed E-state index contributed by atoms with van der Waals surface area (Å²) in [6.07, 6.45) is 0. The van der Waals surface area contributed by atoms with E-state index in [0.717, 1.165) is 16.8 Å². The number of carbonyl (C=O) groups is 2. The van der Waals surface area contributed by atoms with Crippen LogP contribution in [-0.2, 0) is 9.53 Å². The van der Waals surface area contributed by atoms with Crippen LogP contribution >= 0.6 is 0 Å².